The molecule has 100 valence electrons. The second-order valence-corrected chi connectivity index (χ2v) is 4.15. The average molecular weight is 266 g/mol. The van der Waals surface area contributed by atoms with Crippen molar-refractivity contribution in [3.05, 3.63) is 53.9 Å². The molecule has 0 atom stereocenters. The molecule has 5 heteroatoms. The van der Waals surface area contributed by atoms with E-state index in [4.69, 9.17) is 0 Å². The molecule has 2 nitrogen and oxygen atoms in total. The van der Waals surface area contributed by atoms with Crippen molar-refractivity contribution in [2.75, 3.05) is 7.05 Å². The maximum Gasteiger partial charge on any atom is 0.416 e. The van der Waals surface area contributed by atoms with E-state index in [0.29, 0.717) is 17.7 Å². The molecule has 0 fully saturated rings. The minimum atomic E-state index is -4.32. The molecular weight excluding hydrogens is 253 g/mol. The second kappa shape index (κ2) is 5.40. The Morgan fingerprint density at radius 3 is 2.47 bits per heavy atom. The first kappa shape index (κ1) is 13.5. The molecule has 2 aromatic rings. The van der Waals surface area contributed by atoms with Crippen LogP contribution in [0.25, 0.3) is 11.1 Å². The molecule has 2 rings (SSSR count). The zero-order valence-electron chi connectivity index (χ0n) is 10.3. The highest BCUT2D eigenvalue weighted by Gasteiger charge is 2.30. The highest BCUT2D eigenvalue weighted by molar-refractivity contribution is 5.63. The number of nitrogens with one attached hydrogen (secondary N) is 1. The maximum absolute atomic E-state index is 12.6. The molecule has 0 aliphatic heterocycles. The van der Waals surface area contributed by atoms with Crippen LogP contribution in [-0.4, -0.2) is 12.0 Å². The fourth-order valence-corrected chi connectivity index (χ4v) is 1.76. The van der Waals surface area contributed by atoms with Crippen molar-refractivity contribution < 1.29 is 13.2 Å². The Morgan fingerprint density at radius 2 is 1.89 bits per heavy atom. The summed E-state index contributed by atoms with van der Waals surface area (Å²) in [6, 6.07) is 8.81. The van der Waals surface area contributed by atoms with Crippen LogP contribution in [0.1, 0.15) is 11.3 Å². The minimum Gasteiger partial charge on any atom is -0.314 e. The molecule has 0 saturated heterocycles. The summed E-state index contributed by atoms with van der Waals surface area (Å²) in [4.78, 5) is 4.19. The lowest BCUT2D eigenvalue weighted by Crippen LogP contribution is -2.06. The number of rotatable bonds is 3. The molecule has 0 bridgehead atoms. The van der Waals surface area contributed by atoms with Gasteiger partial charge in [-0.3, -0.25) is 4.98 Å². The molecule has 0 aliphatic carbocycles. The van der Waals surface area contributed by atoms with Crippen LogP contribution < -0.4 is 5.32 Å². The molecule has 19 heavy (non-hydrogen) atoms. The summed E-state index contributed by atoms with van der Waals surface area (Å²) in [5.74, 6) is 0. The van der Waals surface area contributed by atoms with Crippen molar-refractivity contribution in [3.63, 3.8) is 0 Å². The summed E-state index contributed by atoms with van der Waals surface area (Å²) in [6.07, 6.45) is -2.74. The number of hydrogen-bond acceptors (Lipinski definition) is 2. The summed E-state index contributed by atoms with van der Waals surface area (Å²) in [5, 5.41) is 2.96. The van der Waals surface area contributed by atoms with Crippen LogP contribution in [0.4, 0.5) is 13.2 Å². The Morgan fingerprint density at radius 1 is 1.11 bits per heavy atom. The van der Waals surface area contributed by atoms with Crippen molar-refractivity contribution in [1.29, 1.82) is 0 Å². The molecule has 1 aromatic heterocycles. The van der Waals surface area contributed by atoms with Crippen molar-refractivity contribution in [3.8, 4) is 11.1 Å². The first-order valence-electron chi connectivity index (χ1n) is 5.78. The quantitative estimate of drug-likeness (QED) is 0.919. The first-order chi connectivity index (χ1) is 9.00. The molecule has 1 aromatic carbocycles. The van der Waals surface area contributed by atoms with Crippen LogP contribution in [0, 0.1) is 0 Å². The zero-order chi connectivity index (χ0) is 13.9. The molecule has 0 unspecified atom stereocenters. The van der Waals surface area contributed by atoms with Gasteiger partial charge in [-0.1, -0.05) is 18.2 Å². The van der Waals surface area contributed by atoms with Crippen LogP contribution in [0.3, 0.4) is 0 Å². The van der Waals surface area contributed by atoms with E-state index in [1.807, 2.05) is 7.05 Å². The molecule has 0 amide bonds. The fourth-order valence-electron chi connectivity index (χ4n) is 1.76. The number of pyridine rings is 1. The Kier molecular flexibility index (Phi) is 3.85. The van der Waals surface area contributed by atoms with Crippen molar-refractivity contribution in [1.82, 2.24) is 10.3 Å². The molecule has 1 heterocycles. The molecule has 0 saturated carbocycles. The monoisotopic (exact) mass is 266 g/mol. The lowest BCUT2D eigenvalue weighted by Gasteiger charge is -2.09. The fraction of sp³-hybridized carbons (Fsp3) is 0.214. The second-order valence-electron chi connectivity index (χ2n) is 4.15. The Bertz CT molecular complexity index is 547. The van der Waals surface area contributed by atoms with Gasteiger partial charge >= 0.3 is 6.18 Å². The van der Waals surface area contributed by atoms with Gasteiger partial charge in [0.15, 0.2) is 0 Å². The normalized spacial score (nSPS) is 11.6. The lowest BCUT2D eigenvalue weighted by atomic mass is 10.0. The highest BCUT2D eigenvalue weighted by atomic mass is 19.4. The smallest absolute Gasteiger partial charge is 0.314 e. The summed E-state index contributed by atoms with van der Waals surface area (Å²) in [5.41, 5.74) is 1.38. The minimum absolute atomic E-state index is 0.512. The van der Waals surface area contributed by atoms with E-state index in [1.54, 1.807) is 24.4 Å². The van der Waals surface area contributed by atoms with Crippen molar-refractivity contribution in [2.24, 2.45) is 0 Å². The van der Waals surface area contributed by atoms with Crippen LogP contribution in [0.2, 0.25) is 0 Å². The Labute approximate surface area is 109 Å². The standard InChI is InChI=1S/C14H13F3N2/c1-18-9-13-6-5-11(8-19-13)10-3-2-4-12(7-10)14(15,16)17/h2-8,18H,9H2,1H3. The molecule has 1 N–H and O–H groups in total. The predicted octanol–water partition coefficient (Wildman–Crippen LogP) is 3.49. The third-order valence-electron chi connectivity index (χ3n) is 2.71. The SMILES string of the molecule is CNCc1ccc(-c2cccc(C(F)(F)F)c2)cn1. The van der Waals surface area contributed by atoms with Gasteiger partial charge in [0.2, 0.25) is 0 Å². The number of nitrogens with zero attached hydrogens (tertiary/aromatic N) is 1. The van der Waals surface area contributed by atoms with Gasteiger partial charge in [0, 0.05) is 18.3 Å². The largest absolute Gasteiger partial charge is 0.416 e. The molecule has 0 aliphatic rings. The van der Waals surface area contributed by atoms with Crippen LogP contribution in [0.15, 0.2) is 42.6 Å². The molecule has 0 spiro atoms. The van der Waals surface area contributed by atoms with Crippen LogP contribution >= 0.6 is 0 Å². The van der Waals surface area contributed by atoms with E-state index in [1.165, 1.54) is 6.07 Å². The summed E-state index contributed by atoms with van der Waals surface area (Å²) in [6.45, 7) is 0.628. The van der Waals surface area contributed by atoms with E-state index >= 15 is 0 Å². The van der Waals surface area contributed by atoms with Gasteiger partial charge in [-0.15, -0.1) is 0 Å². The van der Waals surface area contributed by atoms with Crippen LogP contribution in [-0.2, 0) is 12.7 Å². The van der Waals surface area contributed by atoms with Gasteiger partial charge < -0.3 is 5.32 Å². The molecule has 0 radical (unpaired) electrons. The van der Waals surface area contributed by atoms with Gasteiger partial charge in [0.05, 0.1) is 11.3 Å². The topological polar surface area (TPSA) is 24.9 Å². The van der Waals surface area contributed by atoms with Gasteiger partial charge in [-0.25, -0.2) is 0 Å². The predicted molar refractivity (Wildman–Crippen MR) is 67.4 cm³/mol. The number of benzene rings is 1. The van der Waals surface area contributed by atoms with Gasteiger partial charge in [0.25, 0.3) is 0 Å². The van der Waals surface area contributed by atoms with Crippen molar-refractivity contribution >= 4 is 0 Å². The summed E-state index contributed by atoms with van der Waals surface area (Å²) < 4.78 is 37.9. The lowest BCUT2D eigenvalue weighted by molar-refractivity contribution is -0.137. The average Bonchev–Trinajstić information content (AvgIpc) is 2.39. The molecular formula is C14H13F3N2. The van der Waals surface area contributed by atoms with Gasteiger partial charge in [-0.2, -0.15) is 13.2 Å². The van der Waals surface area contributed by atoms with E-state index in [9.17, 15) is 13.2 Å². The van der Waals surface area contributed by atoms with E-state index in [0.717, 1.165) is 17.8 Å². The maximum atomic E-state index is 12.6. The van der Waals surface area contributed by atoms with Gasteiger partial charge in [0.1, 0.15) is 0 Å². The number of aromatic nitrogens is 1. The number of halogens is 3. The van der Waals surface area contributed by atoms with Gasteiger partial charge in [-0.05, 0) is 30.8 Å². The number of hydrogen-bond donors (Lipinski definition) is 1. The van der Waals surface area contributed by atoms with Crippen molar-refractivity contribution in [2.45, 2.75) is 12.7 Å². The Hall–Kier alpha value is -1.88. The van der Waals surface area contributed by atoms with E-state index in [-0.39, 0.29) is 0 Å². The third-order valence-corrected chi connectivity index (χ3v) is 2.71. The van der Waals surface area contributed by atoms with Crippen LogP contribution in [0.5, 0.6) is 0 Å². The summed E-state index contributed by atoms with van der Waals surface area (Å²) in [7, 11) is 1.81. The zero-order valence-corrected chi connectivity index (χ0v) is 10.3. The number of alkyl halides is 3. The first-order valence-corrected chi connectivity index (χ1v) is 5.78. The highest BCUT2D eigenvalue weighted by Crippen LogP contribution is 2.31. The third kappa shape index (κ3) is 3.32. The van der Waals surface area contributed by atoms with E-state index < -0.39 is 11.7 Å². The summed E-state index contributed by atoms with van der Waals surface area (Å²) >= 11 is 0. The Balaban J connectivity index is 2.31. The van der Waals surface area contributed by atoms with E-state index in [2.05, 4.69) is 10.3 Å².